The van der Waals surface area contributed by atoms with Crippen molar-refractivity contribution in [2.75, 3.05) is 18.5 Å². The molecule has 0 bridgehead atoms. The zero-order valence-corrected chi connectivity index (χ0v) is 14.8. The van der Waals surface area contributed by atoms with E-state index in [0.717, 1.165) is 36.3 Å². The third kappa shape index (κ3) is 6.13. The molecule has 2 heterocycles. The summed E-state index contributed by atoms with van der Waals surface area (Å²) >= 11 is 0. The van der Waals surface area contributed by atoms with E-state index in [1.807, 2.05) is 36.4 Å². The van der Waals surface area contributed by atoms with Crippen molar-refractivity contribution in [1.82, 2.24) is 10.3 Å². The van der Waals surface area contributed by atoms with Crippen LogP contribution < -0.4 is 10.6 Å². The Bertz CT molecular complexity index is 688. The number of nitrogens with one attached hydrogen (secondary N) is 2. The standard InChI is InChI=1S/C20H25N3O3/c24-20(22-13-17-6-4-9-21-12-17)23-18-7-3-5-16(11-18)14-25-15-19-8-1-2-10-26-19/h3-7,9,11-12,19H,1-2,8,10,13-15H2,(H2,22,23,24)/t19-/m0/s1. The molecule has 138 valence electrons. The molecular formula is C20H25N3O3. The fourth-order valence-electron chi connectivity index (χ4n) is 2.85. The topological polar surface area (TPSA) is 72.5 Å². The van der Waals surface area contributed by atoms with Gasteiger partial charge in [-0.2, -0.15) is 0 Å². The van der Waals surface area contributed by atoms with Crippen LogP contribution in [-0.2, 0) is 22.6 Å². The molecule has 1 aliphatic rings. The van der Waals surface area contributed by atoms with Crippen LogP contribution in [0.5, 0.6) is 0 Å². The Balaban J connectivity index is 1.42. The first-order chi connectivity index (χ1) is 12.8. The van der Waals surface area contributed by atoms with E-state index in [9.17, 15) is 4.79 Å². The van der Waals surface area contributed by atoms with Crippen molar-refractivity contribution in [3.8, 4) is 0 Å². The number of benzene rings is 1. The van der Waals surface area contributed by atoms with Crippen LogP contribution >= 0.6 is 0 Å². The lowest BCUT2D eigenvalue weighted by Crippen LogP contribution is -2.28. The highest BCUT2D eigenvalue weighted by molar-refractivity contribution is 5.89. The van der Waals surface area contributed by atoms with Gasteiger partial charge in [0.15, 0.2) is 0 Å². The van der Waals surface area contributed by atoms with Gasteiger partial charge in [-0.25, -0.2) is 4.79 Å². The van der Waals surface area contributed by atoms with E-state index < -0.39 is 0 Å². The number of hydrogen-bond acceptors (Lipinski definition) is 4. The van der Waals surface area contributed by atoms with E-state index in [2.05, 4.69) is 15.6 Å². The van der Waals surface area contributed by atoms with E-state index in [0.29, 0.717) is 19.8 Å². The average molecular weight is 355 g/mol. The van der Waals surface area contributed by atoms with Crippen LogP contribution in [0.15, 0.2) is 48.8 Å². The van der Waals surface area contributed by atoms with Crippen LogP contribution in [0, 0.1) is 0 Å². The van der Waals surface area contributed by atoms with Crippen LogP contribution in [0.4, 0.5) is 10.5 Å². The molecule has 0 aliphatic carbocycles. The van der Waals surface area contributed by atoms with Gasteiger partial charge in [-0.05, 0) is 48.6 Å². The number of pyridine rings is 1. The molecule has 3 rings (SSSR count). The monoisotopic (exact) mass is 355 g/mol. The second-order valence-corrected chi connectivity index (χ2v) is 6.37. The summed E-state index contributed by atoms with van der Waals surface area (Å²) in [5.74, 6) is 0. The number of urea groups is 1. The highest BCUT2D eigenvalue weighted by atomic mass is 16.5. The molecule has 0 spiro atoms. The Morgan fingerprint density at radius 3 is 2.96 bits per heavy atom. The zero-order chi connectivity index (χ0) is 18.0. The average Bonchev–Trinajstić information content (AvgIpc) is 2.68. The molecule has 1 aromatic carbocycles. The molecule has 1 fully saturated rings. The number of hydrogen-bond donors (Lipinski definition) is 2. The van der Waals surface area contributed by atoms with Gasteiger partial charge in [-0.1, -0.05) is 18.2 Å². The molecule has 6 heteroatoms. The van der Waals surface area contributed by atoms with Crippen molar-refractivity contribution in [3.63, 3.8) is 0 Å². The number of anilines is 1. The summed E-state index contributed by atoms with van der Waals surface area (Å²) in [6.07, 6.45) is 7.07. The molecule has 2 amide bonds. The number of carbonyl (C=O) groups is 1. The van der Waals surface area contributed by atoms with Crippen molar-refractivity contribution >= 4 is 11.7 Å². The largest absolute Gasteiger partial charge is 0.376 e. The maximum atomic E-state index is 12.0. The molecule has 1 saturated heterocycles. The van der Waals surface area contributed by atoms with E-state index in [-0.39, 0.29) is 12.1 Å². The first-order valence-corrected chi connectivity index (χ1v) is 9.01. The van der Waals surface area contributed by atoms with E-state index in [4.69, 9.17) is 9.47 Å². The molecule has 1 atom stereocenters. The number of amides is 2. The van der Waals surface area contributed by atoms with Crippen molar-refractivity contribution in [3.05, 3.63) is 59.9 Å². The summed E-state index contributed by atoms with van der Waals surface area (Å²) in [6, 6.07) is 11.2. The summed E-state index contributed by atoms with van der Waals surface area (Å²) in [4.78, 5) is 16.1. The van der Waals surface area contributed by atoms with Gasteiger partial charge in [-0.15, -0.1) is 0 Å². The highest BCUT2D eigenvalue weighted by Gasteiger charge is 2.13. The minimum Gasteiger partial charge on any atom is -0.376 e. The maximum absolute atomic E-state index is 12.0. The lowest BCUT2D eigenvalue weighted by molar-refractivity contribution is -0.0447. The van der Waals surface area contributed by atoms with Crippen molar-refractivity contribution in [2.45, 2.75) is 38.5 Å². The number of carbonyl (C=O) groups excluding carboxylic acids is 1. The molecule has 6 nitrogen and oxygen atoms in total. The first-order valence-electron chi connectivity index (χ1n) is 9.01. The molecular weight excluding hydrogens is 330 g/mol. The smallest absolute Gasteiger partial charge is 0.319 e. The van der Waals surface area contributed by atoms with Gasteiger partial charge in [0.1, 0.15) is 0 Å². The lowest BCUT2D eigenvalue weighted by atomic mass is 10.1. The highest BCUT2D eigenvalue weighted by Crippen LogP contribution is 2.15. The van der Waals surface area contributed by atoms with Crippen molar-refractivity contribution in [1.29, 1.82) is 0 Å². The quantitative estimate of drug-likeness (QED) is 0.797. The van der Waals surface area contributed by atoms with Gasteiger partial charge in [0.25, 0.3) is 0 Å². The number of nitrogens with zero attached hydrogens (tertiary/aromatic N) is 1. The Labute approximate surface area is 153 Å². The van der Waals surface area contributed by atoms with Gasteiger partial charge < -0.3 is 20.1 Å². The predicted octanol–water partition coefficient (Wildman–Crippen LogP) is 3.49. The number of ether oxygens (including phenoxy) is 2. The summed E-state index contributed by atoms with van der Waals surface area (Å²) in [7, 11) is 0. The van der Waals surface area contributed by atoms with Gasteiger partial charge in [0.2, 0.25) is 0 Å². The number of rotatable bonds is 7. The van der Waals surface area contributed by atoms with Crippen LogP contribution in [-0.4, -0.2) is 30.3 Å². The van der Waals surface area contributed by atoms with Crippen molar-refractivity contribution in [2.24, 2.45) is 0 Å². The fraction of sp³-hybridized carbons (Fsp3) is 0.400. The molecule has 0 unspecified atom stereocenters. The molecule has 0 radical (unpaired) electrons. The normalized spacial score (nSPS) is 16.8. The van der Waals surface area contributed by atoms with Crippen LogP contribution in [0.25, 0.3) is 0 Å². The van der Waals surface area contributed by atoms with Crippen LogP contribution in [0.2, 0.25) is 0 Å². The fourth-order valence-corrected chi connectivity index (χ4v) is 2.85. The van der Waals surface area contributed by atoms with Crippen LogP contribution in [0.1, 0.15) is 30.4 Å². The third-order valence-electron chi connectivity index (χ3n) is 4.21. The van der Waals surface area contributed by atoms with Gasteiger partial charge in [-0.3, -0.25) is 4.98 Å². The van der Waals surface area contributed by atoms with Crippen molar-refractivity contribution < 1.29 is 14.3 Å². The summed E-state index contributed by atoms with van der Waals surface area (Å²) < 4.78 is 11.4. The number of aromatic nitrogens is 1. The second-order valence-electron chi connectivity index (χ2n) is 6.37. The lowest BCUT2D eigenvalue weighted by Gasteiger charge is -2.22. The van der Waals surface area contributed by atoms with Gasteiger partial charge in [0.05, 0.1) is 19.3 Å². The summed E-state index contributed by atoms with van der Waals surface area (Å²) in [5, 5.41) is 5.66. The van der Waals surface area contributed by atoms with E-state index >= 15 is 0 Å². The van der Waals surface area contributed by atoms with Crippen LogP contribution in [0.3, 0.4) is 0 Å². The maximum Gasteiger partial charge on any atom is 0.319 e. The Kier molecular flexibility index (Phi) is 6.98. The molecule has 2 aromatic rings. The minimum atomic E-state index is -0.248. The third-order valence-corrected chi connectivity index (χ3v) is 4.21. The second kappa shape index (κ2) is 9.89. The Morgan fingerprint density at radius 1 is 1.23 bits per heavy atom. The molecule has 1 aliphatic heterocycles. The Hall–Kier alpha value is -2.44. The predicted molar refractivity (Wildman–Crippen MR) is 99.8 cm³/mol. The molecule has 1 aromatic heterocycles. The Morgan fingerprint density at radius 2 is 2.15 bits per heavy atom. The molecule has 0 saturated carbocycles. The van der Waals surface area contributed by atoms with Gasteiger partial charge in [0, 0.05) is 31.2 Å². The first kappa shape index (κ1) is 18.4. The summed E-state index contributed by atoms with van der Waals surface area (Å²) in [5.41, 5.74) is 2.71. The minimum absolute atomic E-state index is 0.211. The SMILES string of the molecule is O=C(NCc1cccnc1)Nc1cccc(COC[C@@H]2CCCCO2)c1. The van der Waals surface area contributed by atoms with E-state index in [1.54, 1.807) is 12.4 Å². The molecule has 2 N–H and O–H groups in total. The zero-order valence-electron chi connectivity index (χ0n) is 14.8. The van der Waals surface area contributed by atoms with Gasteiger partial charge >= 0.3 is 6.03 Å². The summed E-state index contributed by atoms with van der Waals surface area (Å²) in [6.45, 7) is 2.39. The molecule has 26 heavy (non-hydrogen) atoms. The van der Waals surface area contributed by atoms with E-state index in [1.165, 1.54) is 6.42 Å².